The summed E-state index contributed by atoms with van der Waals surface area (Å²) in [5, 5.41) is -0.177. The number of nitrogens with one attached hydrogen (secondary N) is 2. The zero-order valence-electron chi connectivity index (χ0n) is 9.45. The van der Waals surface area contributed by atoms with Gasteiger partial charge in [0.15, 0.2) is 11.7 Å². The minimum Gasteiger partial charge on any atom is -0.483 e. The maximum Gasteiger partial charge on any atom is 0.419 e. The number of hydrogen-bond acceptors (Lipinski definition) is 3. The van der Waals surface area contributed by atoms with E-state index >= 15 is 0 Å². The van der Waals surface area contributed by atoms with Gasteiger partial charge in [-0.1, -0.05) is 12.1 Å². The number of amides is 1. The van der Waals surface area contributed by atoms with E-state index in [1.54, 1.807) is 0 Å². The second-order valence-corrected chi connectivity index (χ2v) is 3.76. The summed E-state index contributed by atoms with van der Waals surface area (Å²) >= 11 is 4.42. The van der Waals surface area contributed by atoms with Crippen molar-refractivity contribution >= 4 is 23.2 Å². The fourth-order valence-corrected chi connectivity index (χ4v) is 1.19. The van der Waals surface area contributed by atoms with Gasteiger partial charge in [0.1, 0.15) is 5.75 Å². The number of rotatable bonds is 3. The lowest BCUT2D eigenvalue weighted by Gasteiger charge is -2.13. The van der Waals surface area contributed by atoms with Crippen molar-refractivity contribution in [2.75, 3.05) is 6.61 Å². The third-order valence-corrected chi connectivity index (χ3v) is 1.98. The second-order valence-electron chi connectivity index (χ2n) is 3.32. The predicted octanol–water partition coefficient (Wildman–Crippen LogP) is 0.949. The molecule has 9 heteroatoms. The molecule has 1 aromatic carbocycles. The number of carbonyl (C=O) groups is 1. The Bertz CT molecular complexity index is 479. The van der Waals surface area contributed by atoms with E-state index in [-0.39, 0.29) is 5.11 Å². The molecule has 0 bridgehead atoms. The van der Waals surface area contributed by atoms with E-state index in [9.17, 15) is 18.0 Å². The van der Waals surface area contributed by atoms with Gasteiger partial charge in [0.05, 0.1) is 5.56 Å². The number of carbonyl (C=O) groups excluding carboxylic acids is 1. The number of hydrazine groups is 1. The highest BCUT2D eigenvalue weighted by Gasteiger charge is 2.34. The van der Waals surface area contributed by atoms with E-state index in [0.29, 0.717) is 0 Å². The van der Waals surface area contributed by atoms with Crippen LogP contribution in [0, 0.1) is 0 Å². The summed E-state index contributed by atoms with van der Waals surface area (Å²) in [6, 6.07) is 4.58. The van der Waals surface area contributed by atoms with E-state index < -0.39 is 30.0 Å². The zero-order chi connectivity index (χ0) is 14.5. The first-order chi connectivity index (χ1) is 8.80. The quantitative estimate of drug-likeness (QED) is 0.571. The van der Waals surface area contributed by atoms with Gasteiger partial charge in [-0.15, -0.1) is 0 Å². The Morgan fingerprint density at radius 3 is 2.53 bits per heavy atom. The molecule has 1 aromatic rings. The van der Waals surface area contributed by atoms with Crippen LogP contribution in [0.4, 0.5) is 13.2 Å². The highest BCUT2D eigenvalue weighted by molar-refractivity contribution is 7.80. The Labute approximate surface area is 111 Å². The van der Waals surface area contributed by atoms with E-state index in [2.05, 4.69) is 17.6 Å². The Kier molecular flexibility index (Phi) is 4.93. The maximum absolute atomic E-state index is 12.6. The molecule has 0 radical (unpaired) electrons. The van der Waals surface area contributed by atoms with Crippen molar-refractivity contribution in [2.45, 2.75) is 6.18 Å². The molecule has 0 aliphatic rings. The molecule has 0 aliphatic heterocycles. The van der Waals surface area contributed by atoms with Gasteiger partial charge in [-0.05, 0) is 24.4 Å². The van der Waals surface area contributed by atoms with Crippen LogP contribution in [-0.4, -0.2) is 17.6 Å². The van der Waals surface area contributed by atoms with Gasteiger partial charge in [-0.25, -0.2) is 0 Å². The van der Waals surface area contributed by atoms with Crippen LogP contribution >= 0.6 is 12.2 Å². The Morgan fingerprint density at radius 2 is 1.95 bits per heavy atom. The average molecular weight is 293 g/mol. The van der Waals surface area contributed by atoms with Crippen LogP contribution in [0.3, 0.4) is 0 Å². The van der Waals surface area contributed by atoms with Crippen LogP contribution in [0.1, 0.15) is 5.56 Å². The molecule has 0 saturated carbocycles. The second kappa shape index (κ2) is 6.23. The first-order valence-corrected chi connectivity index (χ1v) is 5.35. The number of para-hydroxylation sites is 1. The number of hydrogen-bond donors (Lipinski definition) is 3. The highest BCUT2D eigenvalue weighted by Crippen LogP contribution is 2.35. The molecule has 0 saturated heterocycles. The molecule has 0 heterocycles. The number of ether oxygens (including phenoxy) is 1. The third-order valence-electron chi connectivity index (χ3n) is 1.88. The minimum atomic E-state index is -4.55. The average Bonchev–Trinajstić information content (AvgIpc) is 2.33. The molecule has 5 nitrogen and oxygen atoms in total. The Morgan fingerprint density at radius 1 is 1.32 bits per heavy atom. The van der Waals surface area contributed by atoms with Crippen LogP contribution in [-0.2, 0) is 11.0 Å². The SMILES string of the molecule is NC(=S)NNC(=O)COc1ccccc1C(F)(F)F. The normalized spacial score (nSPS) is 10.7. The molecule has 0 atom stereocenters. The van der Waals surface area contributed by atoms with Crippen molar-refractivity contribution in [1.82, 2.24) is 10.9 Å². The first-order valence-electron chi connectivity index (χ1n) is 4.94. The fourth-order valence-electron chi connectivity index (χ4n) is 1.14. The van der Waals surface area contributed by atoms with Crippen molar-refractivity contribution in [1.29, 1.82) is 0 Å². The van der Waals surface area contributed by atoms with Crippen LogP contribution in [0.15, 0.2) is 24.3 Å². The highest BCUT2D eigenvalue weighted by atomic mass is 32.1. The maximum atomic E-state index is 12.6. The lowest BCUT2D eigenvalue weighted by Crippen LogP contribution is -2.46. The van der Waals surface area contributed by atoms with E-state index in [0.717, 1.165) is 12.1 Å². The van der Waals surface area contributed by atoms with E-state index in [1.807, 2.05) is 5.43 Å². The smallest absolute Gasteiger partial charge is 0.419 e. The summed E-state index contributed by atoms with van der Waals surface area (Å²) in [5.74, 6) is -1.15. The Hall–Kier alpha value is -2.03. The van der Waals surface area contributed by atoms with Crippen molar-refractivity contribution in [3.63, 3.8) is 0 Å². The summed E-state index contributed by atoms with van der Waals surface area (Å²) in [5.41, 5.74) is 8.27. The van der Waals surface area contributed by atoms with Gasteiger partial charge < -0.3 is 10.5 Å². The molecule has 0 aromatic heterocycles. The molecular weight excluding hydrogens is 283 g/mol. The monoisotopic (exact) mass is 293 g/mol. The molecule has 0 fully saturated rings. The lowest BCUT2D eigenvalue weighted by molar-refractivity contribution is -0.139. The van der Waals surface area contributed by atoms with Crippen molar-refractivity contribution in [3.05, 3.63) is 29.8 Å². The molecule has 0 unspecified atom stereocenters. The summed E-state index contributed by atoms with van der Waals surface area (Å²) < 4.78 is 42.6. The molecule has 1 rings (SSSR count). The molecular formula is C10H10F3N3O2S. The minimum absolute atomic E-state index is 0.177. The largest absolute Gasteiger partial charge is 0.483 e. The molecule has 104 valence electrons. The van der Waals surface area contributed by atoms with Crippen molar-refractivity contribution in [3.8, 4) is 5.75 Å². The van der Waals surface area contributed by atoms with Crippen LogP contribution in [0.5, 0.6) is 5.75 Å². The summed E-state index contributed by atoms with van der Waals surface area (Å²) in [6.07, 6.45) is -4.55. The van der Waals surface area contributed by atoms with Gasteiger partial charge in [-0.3, -0.25) is 15.6 Å². The zero-order valence-corrected chi connectivity index (χ0v) is 10.3. The summed E-state index contributed by atoms with van der Waals surface area (Å²) in [6.45, 7) is -0.608. The lowest BCUT2D eigenvalue weighted by atomic mass is 10.2. The molecule has 4 N–H and O–H groups in total. The molecule has 1 amide bonds. The third kappa shape index (κ3) is 5.00. The first kappa shape index (κ1) is 15.0. The number of benzene rings is 1. The number of thiocarbonyl (C=S) groups is 1. The van der Waals surface area contributed by atoms with Crippen molar-refractivity contribution in [2.24, 2.45) is 5.73 Å². The van der Waals surface area contributed by atoms with Gasteiger partial charge >= 0.3 is 6.18 Å². The van der Waals surface area contributed by atoms with Crippen LogP contribution in [0.2, 0.25) is 0 Å². The summed E-state index contributed by atoms with van der Waals surface area (Å²) in [4.78, 5) is 11.2. The van der Waals surface area contributed by atoms with Gasteiger partial charge in [0, 0.05) is 0 Å². The van der Waals surface area contributed by atoms with Gasteiger partial charge in [0.2, 0.25) is 0 Å². The molecule has 19 heavy (non-hydrogen) atoms. The van der Waals surface area contributed by atoms with Crippen molar-refractivity contribution < 1.29 is 22.7 Å². The predicted molar refractivity (Wildman–Crippen MR) is 65.0 cm³/mol. The van der Waals surface area contributed by atoms with E-state index in [4.69, 9.17) is 10.5 Å². The van der Waals surface area contributed by atoms with Crippen LogP contribution < -0.4 is 21.3 Å². The number of halogens is 3. The number of alkyl halides is 3. The molecule has 0 aliphatic carbocycles. The molecule has 0 spiro atoms. The standard InChI is InChI=1S/C10H10F3N3O2S/c11-10(12,13)6-3-1-2-4-7(6)18-5-8(17)15-16-9(14)19/h1-4H,5H2,(H,15,17)(H3,14,16,19). The topological polar surface area (TPSA) is 76.4 Å². The fraction of sp³-hybridized carbons (Fsp3) is 0.200. The number of nitrogens with two attached hydrogens (primary N) is 1. The van der Waals surface area contributed by atoms with Gasteiger partial charge in [0.25, 0.3) is 5.91 Å². The van der Waals surface area contributed by atoms with Gasteiger partial charge in [-0.2, -0.15) is 13.2 Å². The Balaban J connectivity index is 2.63. The van der Waals surface area contributed by atoms with Crippen LogP contribution in [0.25, 0.3) is 0 Å². The summed E-state index contributed by atoms with van der Waals surface area (Å²) in [7, 11) is 0. The van der Waals surface area contributed by atoms with E-state index in [1.165, 1.54) is 12.1 Å².